The second kappa shape index (κ2) is 6.09. The molecule has 2 rings (SSSR count). The first-order valence-electron chi connectivity index (χ1n) is 6.94. The lowest BCUT2D eigenvalue weighted by molar-refractivity contribution is 0.315. The summed E-state index contributed by atoms with van der Waals surface area (Å²) in [6.45, 7) is 0.173. The first kappa shape index (κ1) is 16.5. The molecule has 1 aliphatic heterocycles. The van der Waals surface area contributed by atoms with Crippen molar-refractivity contribution in [2.45, 2.75) is 43.4 Å². The Bertz CT molecular complexity index is 596. The maximum atomic E-state index is 12.7. The van der Waals surface area contributed by atoms with E-state index in [4.69, 9.17) is 10.9 Å². The molecule has 0 aromatic heterocycles. The van der Waals surface area contributed by atoms with E-state index >= 15 is 0 Å². The largest absolute Gasteiger partial charge is 0.409 e. The van der Waals surface area contributed by atoms with Gasteiger partial charge < -0.3 is 10.9 Å². The van der Waals surface area contributed by atoms with E-state index in [1.165, 1.54) is 4.31 Å². The van der Waals surface area contributed by atoms with Crippen LogP contribution in [0.1, 0.15) is 32.1 Å². The number of rotatable bonds is 6. The molecule has 122 valence electrons. The molecule has 0 spiro atoms. The molecule has 2 aliphatic rings. The number of amidine groups is 1. The Morgan fingerprint density at radius 2 is 1.81 bits per heavy atom. The Kier molecular flexibility index (Phi) is 4.79. The van der Waals surface area contributed by atoms with Crippen molar-refractivity contribution in [3.8, 4) is 0 Å². The van der Waals surface area contributed by atoms with Crippen LogP contribution in [-0.4, -0.2) is 61.5 Å². The smallest absolute Gasteiger partial charge is 0.217 e. The predicted molar refractivity (Wildman–Crippen MR) is 78.3 cm³/mol. The fraction of sp³-hybridized carbons (Fsp3) is 0.909. The molecule has 0 atom stereocenters. The molecular weight excluding hydrogens is 318 g/mol. The lowest BCUT2D eigenvalue weighted by atomic mass is 10.2. The third kappa shape index (κ3) is 4.07. The molecule has 0 radical (unpaired) electrons. The standard InChI is InChI=1S/C11H21N3O5S2/c12-11(13-15)3-6-14(9-1-2-9)21(18,19)10-4-7-20(16,17)8-5-10/h9-10,15H,1-8H2,(H2,12,13). The van der Waals surface area contributed by atoms with Crippen LogP contribution in [0.2, 0.25) is 0 Å². The summed E-state index contributed by atoms with van der Waals surface area (Å²) in [7, 11) is -6.63. The molecule has 10 heteroatoms. The number of sulfonamides is 1. The van der Waals surface area contributed by atoms with Crippen molar-refractivity contribution in [3.63, 3.8) is 0 Å². The zero-order valence-corrected chi connectivity index (χ0v) is 13.3. The number of oxime groups is 1. The van der Waals surface area contributed by atoms with E-state index in [9.17, 15) is 16.8 Å². The van der Waals surface area contributed by atoms with Gasteiger partial charge in [-0.3, -0.25) is 0 Å². The van der Waals surface area contributed by atoms with Crippen LogP contribution in [0.4, 0.5) is 0 Å². The lowest BCUT2D eigenvalue weighted by Gasteiger charge is -2.29. The molecule has 2 fully saturated rings. The van der Waals surface area contributed by atoms with Crippen LogP contribution in [0.25, 0.3) is 0 Å². The quantitative estimate of drug-likeness (QED) is 0.290. The van der Waals surface area contributed by atoms with Crippen LogP contribution < -0.4 is 5.73 Å². The number of nitrogens with zero attached hydrogens (tertiary/aromatic N) is 2. The Morgan fingerprint density at radius 1 is 1.24 bits per heavy atom. The third-order valence-corrected chi connectivity index (χ3v) is 8.08. The van der Waals surface area contributed by atoms with Gasteiger partial charge in [-0.25, -0.2) is 16.8 Å². The number of nitrogens with two attached hydrogens (primary N) is 1. The molecule has 1 saturated carbocycles. The predicted octanol–water partition coefficient (Wildman–Crippen LogP) is -0.506. The van der Waals surface area contributed by atoms with Gasteiger partial charge >= 0.3 is 0 Å². The summed E-state index contributed by atoms with van der Waals surface area (Å²) in [5.74, 6) is -0.160. The molecule has 21 heavy (non-hydrogen) atoms. The van der Waals surface area contributed by atoms with Crippen molar-refractivity contribution in [1.82, 2.24) is 4.31 Å². The number of sulfone groups is 1. The maximum Gasteiger partial charge on any atom is 0.217 e. The van der Waals surface area contributed by atoms with Gasteiger partial charge in [0.05, 0.1) is 16.8 Å². The van der Waals surface area contributed by atoms with Gasteiger partial charge in [0, 0.05) is 19.0 Å². The molecule has 3 N–H and O–H groups in total. The summed E-state index contributed by atoms with van der Waals surface area (Å²) in [4.78, 5) is 0. The normalized spacial score (nSPS) is 24.3. The minimum Gasteiger partial charge on any atom is -0.409 e. The van der Waals surface area contributed by atoms with Crippen molar-refractivity contribution < 1.29 is 22.0 Å². The molecule has 0 bridgehead atoms. The third-order valence-electron chi connectivity index (χ3n) is 3.92. The average Bonchev–Trinajstić information content (AvgIpc) is 3.22. The van der Waals surface area contributed by atoms with Gasteiger partial charge in [-0.05, 0) is 25.7 Å². The van der Waals surface area contributed by atoms with Gasteiger partial charge in [0.1, 0.15) is 15.7 Å². The van der Waals surface area contributed by atoms with Gasteiger partial charge in [-0.1, -0.05) is 5.16 Å². The van der Waals surface area contributed by atoms with Gasteiger partial charge in [0.2, 0.25) is 10.0 Å². The van der Waals surface area contributed by atoms with E-state index in [0.717, 1.165) is 12.8 Å². The van der Waals surface area contributed by atoms with E-state index in [-0.39, 0.29) is 49.2 Å². The summed E-state index contributed by atoms with van der Waals surface area (Å²) in [6, 6.07) is -0.0278. The summed E-state index contributed by atoms with van der Waals surface area (Å²) < 4.78 is 49.6. The Hall–Kier alpha value is -0.870. The highest BCUT2D eigenvalue weighted by Gasteiger charge is 2.42. The van der Waals surface area contributed by atoms with E-state index in [2.05, 4.69) is 5.16 Å². The SMILES string of the molecule is NC(CCN(C1CC1)S(=O)(=O)C1CCS(=O)(=O)CC1)=NO. The molecule has 0 aromatic carbocycles. The Morgan fingerprint density at radius 3 is 2.29 bits per heavy atom. The average molecular weight is 339 g/mol. The first-order valence-corrected chi connectivity index (χ1v) is 10.3. The zero-order chi connectivity index (χ0) is 15.7. The summed E-state index contributed by atoms with van der Waals surface area (Å²) >= 11 is 0. The van der Waals surface area contributed by atoms with Crippen LogP contribution in [-0.2, 0) is 19.9 Å². The van der Waals surface area contributed by atoms with E-state index in [0.29, 0.717) is 0 Å². The highest BCUT2D eigenvalue weighted by molar-refractivity contribution is 7.92. The van der Waals surface area contributed by atoms with Crippen LogP contribution in [0.15, 0.2) is 5.16 Å². The van der Waals surface area contributed by atoms with Crippen LogP contribution in [0.3, 0.4) is 0 Å². The van der Waals surface area contributed by atoms with Gasteiger partial charge in [-0.2, -0.15) is 4.31 Å². The highest BCUT2D eigenvalue weighted by atomic mass is 32.2. The van der Waals surface area contributed by atoms with Crippen molar-refractivity contribution in [2.24, 2.45) is 10.9 Å². The summed E-state index contributed by atoms with van der Waals surface area (Å²) in [6.07, 6.45) is 2.08. The van der Waals surface area contributed by atoms with E-state index in [1.807, 2.05) is 0 Å². The Labute approximate surface area is 125 Å². The van der Waals surface area contributed by atoms with Crippen LogP contribution in [0.5, 0.6) is 0 Å². The molecule has 8 nitrogen and oxygen atoms in total. The number of hydrogen-bond acceptors (Lipinski definition) is 6. The monoisotopic (exact) mass is 339 g/mol. The number of hydrogen-bond donors (Lipinski definition) is 2. The molecule has 1 saturated heterocycles. The zero-order valence-electron chi connectivity index (χ0n) is 11.7. The molecular formula is C11H21N3O5S2. The van der Waals surface area contributed by atoms with Crippen molar-refractivity contribution in [1.29, 1.82) is 0 Å². The molecule has 0 aromatic rings. The lowest BCUT2D eigenvalue weighted by Crippen LogP contribution is -2.44. The maximum absolute atomic E-state index is 12.7. The van der Waals surface area contributed by atoms with Gasteiger partial charge in [-0.15, -0.1) is 0 Å². The second-order valence-corrected chi connectivity index (χ2v) is 10.0. The van der Waals surface area contributed by atoms with E-state index in [1.54, 1.807) is 0 Å². The van der Waals surface area contributed by atoms with Crippen molar-refractivity contribution in [3.05, 3.63) is 0 Å². The minimum absolute atomic E-state index is 0.0120. The fourth-order valence-corrected chi connectivity index (χ4v) is 6.49. The second-order valence-electron chi connectivity index (χ2n) is 5.58. The van der Waals surface area contributed by atoms with Gasteiger partial charge in [0.15, 0.2) is 0 Å². The topological polar surface area (TPSA) is 130 Å². The first-order chi connectivity index (χ1) is 9.76. The summed E-state index contributed by atoms with van der Waals surface area (Å²) in [5.41, 5.74) is 5.40. The van der Waals surface area contributed by atoms with Gasteiger partial charge in [0.25, 0.3) is 0 Å². The minimum atomic E-state index is -3.54. The van der Waals surface area contributed by atoms with Crippen molar-refractivity contribution in [2.75, 3.05) is 18.1 Å². The molecule has 1 heterocycles. The Balaban J connectivity index is 2.07. The van der Waals surface area contributed by atoms with Crippen LogP contribution in [0, 0.1) is 0 Å². The van der Waals surface area contributed by atoms with Crippen molar-refractivity contribution >= 4 is 25.7 Å². The van der Waals surface area contributed by atoms with E-state index < -0.39 is 25.1 Å². The highest BCUT2D eigenvalue weighted by Crippen LogP contribution is 2.33. The summed E-state index contributed by atoms with van der Waals surface area (Å²) in [5, 5.41) is 10.7. The van der Waals surface area contributed by atoms with Crippen LogP contribution >= 0.6 is 0 Å². The molecule has 1 aliphatic carbocycles. The fourth-order valence-electron chi connectivity index (χ4n) is 2.51. The molecule has 0 amide bonds. The molecule has 0 unspecified atom stereocenters.